The third kappa shape index (κ3) is 2.45. The molecule has 18 heavy (non-hydrogen) atoms. The maximum absolute atomic E-state index is 9.86. The standard InChI is InChI=1S/C16H23NO/c18-12-16(13-4-2-1-3-5-13)10-8-15(9-11-16)17-14-6-7-14/h1-5,14-15,17-18H,6-12H2/t15-,16-. The summed E-state index contributed by atoms with van der Waals surface area (Å²) in [7, 11) is 0. The molecule has 0 atom stereocenters. The van der Waals surface area contributed by atoms with Crippen molar-refractivity contribution in [3.8, 4) is 0 Å². The Morgan fingerprint density at radius 1 is 1.00 bits per heavy atom. The van der Waals surface area contributed by atoms with Crippen LogP contribution >= 0.6 is 0 Å². The van der Waals surface area contributed by atoms with Crippen LogP contribution in [0.5, 0.6) is 0 Å². The van der Waals surface area contributed by atoms with Crippen LogP contribution in [0.2, 0.25) is 0 Å². The lowest BCUT2D eigenvalue weighted by Gasteiger charge is -2.39. The molecule has 0 aliphatic heterocycles. The summed E-state index contributed by atoms with van der Waals surface area (Å²) in [6, 6.07) is 12.0. The van der Waals surface area contributed by atoms with Crippen LogP contribution in [0.1, 0.15) is 44.1 Å². The molecule has 2 heteroatoms. The van der Waals surface area contributed by atoms with E-state index in [0.717, 1.165) is 18.9 Å². The first kappa shape index (κ1) is 12.2. The molecule has 0 unspecified atom stereocenters. The molecule has 0 saturated heterocycles. The minimum Gasteiger partial charge on any atom is -0.395 e. The van der Waals surface area contributed by atoms with Gasteiger partial charge < -0.3 is 10.4 Å². The van der Waals surface area contributed by atoms with E-state index in [0.29, 0.717) is 6.04 Å². The molecule has 2 nitrogen and oxygen atoms in total. The van der Waals surface area contributed by atoms with Gasteiger partial charge in [-0.1, -0.05) is 30.3 Å². The highest BCUT2D eigenvalue weighted by Gasteiger charge is 2.37. The summed E-state index contributed by atoms with van der Waals surface area (Å²) in [5.41, 5.74) is 1.33. The van der Waals surface area contributed by atoms with E-state index in [-0.39, 0.29) is 12.0 Å². The van der Waals surface area contributed by atoms with Crippen LogP contribution in [0.4, 0.5) is 0 Å². The van der Waals surface area contributed by atoms with Gasteiger partial charge in [0.15, 0.2) is 0 Å². The van der Waals surface area contributed by atoms with Gasteiger partial charge in [-0.3, -0.25) is 0 Å². The summed E-state index contributed by atoms with van der Waals surface area (Å²) in [5, 5.41) is 13.6. The van der Waals surface area contributed by atoms with Crippen LogP contribution in [0.25, 0.3) is 0 Å². The second-order valence-corrected chi connectivity index (χ2v) is 6.02. The second-order valence-electron chi connectivity index (χ2n) is 6.02. The van der Waals surface area contributed by atoms with Crippen molar-refractivity contribution < 1.29 is 5.11 Å². The first-order valence-electron chi connectivity index (χ1n) is 7.25. The quantitative estimate of drug-likeness (QED) is 0.854. The zero-order valence-electron chi connectivity index (χ0n) is 10.9. The molecule has 0 heterocycles. The molecule has 2 aliphatic rings. The molecular formula is C16H23NO. The Bertz CT molecular complexity index is 377. The molecule has 2 aliphatic carbocycles. The maximum Gasteiger partial charge on any atom is 0.0527 e. The van der Waals surface area contributed by atoms with Gasteiger partial charge in [0.2, 0.25) is 0 Å². The molecule has 2 N–H and O–H groups in total. The van der Waals surface area contributed by atoms with Gasteiger partial charge >= 0.3 is 0 Å². The van der Waals surface area contributed by atoms with Gasteiger partial charge in [-0.15, -0.1) is 0 Å². The molecule has 0 spiro atoms. The summed E-state index contributed by atoms with van der Waals surface area (Å²) >= 11 is 0. The average molecular weight is 245 g/mol. The molecule has 1 aromatic carbocycles. The molecule has 0 bridgehead atoms. The Morgan fingerprint density at radius 2 is 1.61 bits per heavy atom. The molecule has 98 valence electrons. The van der Waals surface area contributed by atoms with Crippen LogP contribution in [0, 0.1) is 0 Å². The van der Waals surface area contributed by atoms with Crippen molar-refractivity contribution in [1.29, 1.82) is 0 Å². The zero-order chi connectivity index (χ0) is 12.4. The van der Waals surface area contributed by atoms with Crippen LogP contribution in [0.15, 0.2) is 30.3 Å². The van der Waals surface area contributed by atoms with E-state index in [2.05, 4.69) is 35.6 Å². The number of hydrogen-bond acceptors (Lipinski definition) is 2. The monoisotopic (exact) mass is 245 g/mol. The van der Waals surface area contributed by atoms with E-state index < -0.39 is 0 Å². The molecule has 2 saturated carbocycles. The minimum absolute atomic E-state index is 0.0169. The van der Waals surface area contributed by atoms with Gasteiger partial charge in [0.05, 0.1) is 6.61 Å². The van der Waals surface area contributed by atoms with Crippen molar-refractivity contribution in [1.82, 2.24) is 5.32 Å². The van der Waals surface area contributed by atoms with Crippen LogP contribution < -0.4 is 5.32 Å². The normalized spacial score (nSPS) is 32.4. The zero-order valence-corrected chi connectivity index (χ0v) is 10.9. The number of aliphatic hydroxyl groups is 1. The van der Waals surface area contributed by atoms with Crippen LogP contribution in [0.3, 0.4) is 0 Å². The largest absolute Gasteiger partial charge is 0.395 e. The number of aliphatic hydroxyl groups excluding tert-OH is 1. The number of rotatable bonds is 4. The van der Waals surface area contributed by atoms with E-state index in [9.17, 15) is 5.11 Å². The number of nitrogens with one attached hydrogen (secondary N) is 1. The van der Waals surface area contributed by atoms with E-state index >= 15 is 0 Å². The smallest absolute Gasteiger partial charge is 0.0527 e. The van der Waals surface area contributed by atoms with Crippen LogP contribution in [-0.2, 0) is 5.41 Å². The molecule has 0 radical (unpaired) electrons. The maximum atomic E-state index is 9.86. The first-order valence-corrected chi connectivity index (χ1v) is 7.25. The predicted octanol–water partition coefficient (Wildman–Crippen LogP) is 2.61. The third-order valence-corrected chi connectivity index (χ3v) is 4.68. The molecule has 1 aromatic rings. The molecule has 2 fully saturated rings. The molecule has 0 amide bonds. The van der Waals surface area contributed by atoms with Crippen molar-refractivity contribution in [2.45, 2.75) is 56.0 Å². The number of benzene rings is 1. The van der Waals surface area contributed by atoms with Gasteiger partial charge in [-0.25, -0.2) is 0 Å². The lowest BCUT2D eigenvalue weighted by molar-refractivity contribution is 0.138. The Kier molecular flexibility index (Phi) is 3.40. The Balaban J connectivity index is 1.67. The topological polar surface area (TPSA) is 32.3 Å². The highest BCUT2D eigenvalue weighted by Crippen LogP contribution is 2.39. The SMILES string of the molecule is OC[C@]1(c2ccccc2)CC[C@H](NC2CC2)CC1. The predicted molar refractivity (Wildman–Crippen MR) is 73.6 cm³/mol. The number of hydrogen-bond donors (Lipinski definition) is 2. The summed E-state index contributed by atoms with van der Waals surface area (Å²) in [5.74, 6) is 0. The van der Waals surface area contributed by atoms with Gasteiger partial charge in [0, 0.05) is 17.5 Å². The van der Waals surface area contributed by atoms with Crippen molar-refractivity contribution in [3.05, 3.63) is 35.9 Å². The first-order chi connectivity index (χ1) is 8.82. The highest BCUT2D eigenvalue weighted by molar-refractivity contribution is 5.26. The molecular weight excluding hydrogens is 222 g/mol. The van der Waals surface area contributed by atoms with Gasteiger partial charge in [0.25, 0.3) is 0 Å². The van der Waals surface area contributed by atoms with E-state index in [1.165, 1.54) is 31.2 Å². The average Bonchev–Trinajstić information content (AvgIpc) is 3.25. The van der Waals surface area contributed by atoms with Gasteiger partial charge in [0.1, 0.15) is 0 Å². The summed E-state index contributed by atoms with van der Waals surface area (Å²) in [6.45, 7) is 0.285. The van der Waals surface area contributed by atoms with Crippen molar-refractivity contribution in [3.63, 3.8) is 0 Å². The lowest BCUT2D eigenvalue weighted by atomic mass is 9.69. The van der Waals surface area contributed by atoms with E-state index in [1.54, 1.807) is 0 Å². The van der Waals surface area contributed by atoms with Gasteiger partial charge in [-0.05, 0) is 44.1 Å². The van der Waals surface area contributed by atoms with E-state index in [1.807, 2.05) is 0 Å². The minimum atomic E-state index is 0.0169. The Labute approximate surface area is 109 Å². The fraction of sp³-hybridized carbons (Fsp3) is 0.625. The summed E-state index contributed by atoms with van der Waals surface area (Å²) in [6.07, 6.45) is 7.34. The van der Waals surface area contributed by atoms with Crippen molar-refractivity contribution >= 4 is 0 Å². The fourth-order valence-electron chi connectivity index (χ4n) is 3.25. The van der Waals surface area contributed by atoms with Crippen molar-refractivity contribution in [2.75, 3.05) is 6.61 Å². The fourth-order valence-corrected chi connectivity index (χ4v) is 3.25. The van der Waals surface area contributed by atoms with Gasteiger partial charge in [-0.2, -0.15) is 0 Å². The summed E-state index contributed by atoms with van der Waals surface area (Å²) in [4.78, 5) is 0. The third-order valence-electron chi connectivity index (χ3n) is 4.68. The second kappa shape index (κ2) is 5.02. The summed E-state index contributed by atoms with van der Waals surface area (Å²) < 4.78 is 0. The Morgan fingerprint density at radius 3 is 2.17 bits per heavy atom. The highest BCUT2D eigenvalue weighted by atomic mass is 16.3. The lowest BCUT2D eigenvalue weighted by Crippen LogP contribution is -2.42. The van der Waals surface area contributed by atoms with Crippen molar-refractivity contribution in [2.24, 2.45) is 0 Å². The molecule has 0 aromatic heterocycles. The van der Waals surface area contributed by atoms with Crippen LogP contribution in [-0.4, -0.2) is 23.8 Å². The van der Waals surface area contributed by atoms with E-state index in [4.69, 9.17) is 0 Å². The Hall–Kier alpha value is -0.860. The molecule has 3 rings (SSSR count).